The van der Waals surface area contributed by atoms with Gasteiger partial charge >= 0.3 is 0 Å². The third-order valence-electron chi connectivity index (χ3n) is 7.29. The molecule has 2 amide bonds. The van der Waals surface area contributed by atoms with Gasteiger partial charge in [-0.15, -0.1) is 0 Å². The highest BCUT2D eigenvalue weighted by Crippen LogP contribution is 2.29. The molecule has 7 nitrogen and oxygen atoms in total. The Bertz CT molecular complexity index is 1050. The predicted molar refractivity (Wildman–Crippen MR) is 138 cm³/mol. The Morgan fingerprint density at radius 2 is 1.80 bits per heavy atom. The van der Waals surface area contributed by atoms with E-state index in [1.165, 1.54) is 19.3 Å². The van der Waals surface area contributed by atoms with Crippen molar-refractivity contribution in [3.8, 4) is 5.75 Å². The number of anilines is 1. The minimum absolute atomic E-state index is 0.0578. The first-order valence-corrected chi connectivity index (χ1v) is 12.6. The third-order valence-corrected chi connectivity index (χ3v) is 7.29. The Hall–Kier alpha value is -3.35. The summed E-state index contributed by atoms with van der Waals surface area (Å²) in [6, 6.07) is 9.75. The Labute approximate surface area is 208 Å². The van der Waals surface area contributed by atoms with E-state index in [0.29, 0.717) is 16.9 Å². The lowest BCUT2D eigenvalue weighted by molar-refractivity contribution is 0.0922. The summed E-state index contributed by atoms with van der Waals surface area (Å²) in [5.74, 6) is 1.33. The standard InChI is InChI=1S/C28H36N4O3/c1-4-32(26-16-13-20(18-29-26)27(33)30-21-9-6-5-7-10-21)23-15-14-22(17-23)31-28(34)24-11-8-12-25(35-3)19(24)2/h4,8,11-13,16,18,21-23H,1,5-7,9-10,14-15,17H2,2-3H3,(H,30,33)(H,31,34). The molecule has 1 aromatic heterocycles. The molecular formula is C28H36N4O3. The van der Waals surface area contributed by atoms with Gasteiger partial charge in [-0.1, -0.05) is 31.9 Å². The largest absolute Gasteiger partial charge is 0.496 e. The quantitative estimate of drug-likeness (QED) is 0.574. The summed E-state index contributed by atoms with van der Waals surface area (Å²) in [6.45, 7) is 5.88. The maximum atomic E-state index is 12.9. The lowest BCUT2D eigenvalue weighted by atomic mass is 9.95. The highest BCUT2D eigenvalue weighted by molar-refractivity contribution is 5.96. The molecule has 2 atom stereocenters. The number of ether oxygens (including phenoxy) is 1. The SMILES string of the molecule is C=CN(c1ccc(C(=O)NC2CCCCC2)cn1)C1CCC(NC(=O)c2cccc(OC)c2C)C1. The van der Waals surface area contributed by atoms with Crippen molar-refractivity contribution in [1.82, 2.24) is 15.6 Å². The average molecular weight is 477 g/mol. The van der Waals surface area contributed by atoms with Crippen LogP contribution in [0, 0.1) is 6.92 Å². The third kappa shape index (κ3) is 5.84. The van der Waals surface area contributed by atoms with Crippen molar-refractivity contribution in [1.29, 1.82) is 0 Å². The number of carbonyl (C=O) groups excluding carboxylic acids is 2. The second kappa shape index (κ2) is 11.4. The molecule has 1 heterocycles. The molecule has 2 fully saturated rings. The first kappa shape index (κ1) is 24.8. The van der Waals surface area contributed by atoms with Crippen LogP contribution in [0.1, 0.15) is 77.6 Å². The van der Waals surface area contributed by atoms with Gasteiger partial charge in [-0.2, -0.15) is 0 Å². The lowest BCUT2D eigenvalue weighted by Gasteiger charge is -2.27. The van der Waals surface area contributed by atoms with Crippen LogP contribution in [0.2, 0.25) is 0 Å². The van der Waals surface area contributed by atoms with Crippen LogP contribution in [0.3, 0.4) is 0 Å². The summed E-state index contributed by atoms with van der Waals surface area (Å²) in [5, 5.41) is 6.32. The number of pyridine rings is 1. The molecule has 35 heavy (non-hydrogen) atoms. The molecule has 0 bridgehead atoms. The van der Waals surface area contributed by atoms with Crippen molar-refractivity contribution < 1.29 is 14.3 Å². The van der Waals surface area contributed by atoms with E-state index < -0.39 is 0 Å². The molecule has 2 saturated carbocycles. The molecular weight excluding hydrogens is 440 g/mol. The van der Waals surface area contributed by atoms with Crippen LogP contribution in [0.15, 0.2) is 49.3 Å². The van der Waals surface area contributed by atoms with E-state index in [2.05, 4.69) is 22.2 Å². The number of nitrogens with zero attached hydrogens (tertiary/aromatic N) is 2. The topological polar surface area (TPSA) is 83.6 Å². The number of aromatic nitrogens is 1. The van der Waals surface area contributed by atoms with Gasteiger partial charge in [-0.3, -0.25) is 9.59 Å². The van der Waals surface area contributed by atoms with E-state index >= 15 is 0 Å². The van der Waals surface area contributed by atoms with Crippen LogP contribution >= 0.6 is 0 Å². The molecule has 0 aliphatic heterocycles. The fourth-order valence-electron chi connectivity index (χ4n) is 5.30. The van der Waals surface area contributed by atoms with Crippen molar-refractivity contribution in [3.63, 3.8) is 0 Å². The fraction of sp³-hybridized carbons (Fsp3) is 0.464. The minimum Gasteiger partial charge on any atom is -0.496 e. The minimum atomic E-state index is -0.0799. The molecule has 1 aromatic carbocycles. The molecule has 4 rings (SSSR count). The summed E-state index contributed by atoms with van der Waals surface area (Å²) >= 11 is 0. The van der Waals surface area contributed by atoms with Gasteiger partial charge in [0.05, 0.1) is 12.7 Å². The van der Waals surface area contributed by atoms with E-state index in [1.807, 2.05) is 42.2 Å². The molecule has 2 N–H and O–H groups in total. The number of hydrogen-bond donors (Lipinski definition) is 2. The molecule has 0 spiro atoms. The maximum absolute atomic E-state index is 12.9. The van der Waals surface area contributed by atoms with Crippen LogP contribution in [0.4, 0.5) is 5.82 Å². The van der Waals surface area contributed by atoms with Crippen LogP contribution in [-0.2, 0) is 0 Å². The summed E-state index contributed by atoms with van der Waals surface area (Å²) in [6.07, 6.45) is 11.7. The van der Waals surface area contributed by atoms with Crippen molar-refractivity contribution in [2.24, 2.45) is 0 Å². The molecule has 7 heteroatoms. The molecule has 2 aliphatic carbocycles. The monoisotopic (exact) mass is 476 g/mol. The number of nitrogens with one attached hydrogen (secondary N) is 2. The van der Waals surface area contributed by atoms with Crippen LogP contribution in [0.25, 0.3) is 0 Å². The summed E-state index contributed by atoms with van der Waals surface area (Å²) in [7, 11) is 1.61. The van der Waals surface area contributed by atoms with Gasteiger partial charge in [0.25, 0.3) is 11.8 Å². The molecule has 2 aromatic rings. The molecule has 0 saturated heterocycles. The Morgan fingerprint density at radius 1 is 1.03 bits per heavy atom. The number of methoxy groups -OCH3 is 1. The lowest BCUT2D eigenvalue weighted by Crippen LogP contribution is -2.36. The van der Waals surface area contributed by atoms with Gasteiger partial charge in [0.1, 0.15) is 11.6 Å². The zero-order chi connectivity index (χ0) is 24.8. The normalized spacial score (nSPS) is 20.2. The number of benzene rings is 1. The van der Waals surface area contributed by atoms with Gasteiger partial charge in [-0.05, 0) is 69.5 Å². The van der Waals surface area contributed by atoms with Crippen molar-refractivity contribution in [2.75, 3.05) is 12.0 Å². The second-order valence-corrected chi connectivity index (χ2v) is 9.57. The highest BCUT2D eigenvalue weighted by Gasteiger charge is 2.30. The summed E-state index contributed by atoms with van der Waals surface area (Å²) in [4.78, 5) is 32.1. The van der Waals surface area contributed by atoms with Crippen LogP contribution in [0.5, 0.6) is 5.75 Å². The molecule has 2 unspecified atom stereocenters. The first-order chi connectivity index (χ1) is 17.0. The van der Waals surface area contributed by atoms with Gasteiger partial charge in [0, 0.05) is 35.4 Å². The van der Waals surface area contributed by atoms with Crippen molar-refractivity contribution in [2.45, 2.75) is 76.4 Å². The zero-order valence-electron chi connectivity index (χ0n) is 20.8. The molecule has 0 radical (unpaired) electrons. The number of rotatable bonds is 8. The van der Waals surface area contributed by atoms with E-state index in [4.69, 9.17) is 4.74 Å². The fourth-order valence-corrected chi connectivity index (χ4v) is 5.30. The number of carbonyl (C=O) groups is 2. The van der Waals surface area contributed by atoms with E-state index in [0.717, 1.165) is 43.5 Å². The number of amides is 2. The van der Waals surface area contributed by atoms with Crippen molar-refractivity contribution >= 4 is 17.6 Å². The van der Waals surface area contributed by atoms with Gasteiger partial charge in [-0.25, -0.2) is 4.98 Å². The van der Waals surface area contributed by atoms with E-state index in [9.17, 15) is 9.59 Å². The zero-order valence-corrected chi connectivity index (χ0v) is 20.8. The average Bonchev–Trinajstić information content (AvgIpc) is 3.33. The number of hydrogen-bond acceptors (Lipinski definition) is 5. The second-order valence-electron chi connectivity index (χ2n) is 9.57. The smallest absolute Gasteiger partial charge is 0.253 e. The Morgan fingerprint density at radius 3 is 2.49 bits per heavy atom. The van der Waals surface area contributed by atoms with Gasteiger partial charge in [0.15, 0.2) is 0 Å². The van der Waals surface area contributed by atoms with Crippen LogP contribution < -0.4 is 20.3 Å². The van der Waals surface area contributed by atoms with Gasteiger partial charge in [0.2, 0.25) is 0 Å². The van der Waals surface area contributed by atoms with E-state index in [-0.39, 0.29) is 29.9 Å². The Balaban J connectivity index is 1.35. The predicted octanol–water partition coefficient (Wildman–Crippen LogP) is 4.76. The molecule has 186 valence electrons. The summed E-state index contributed by atoms with van der Waals surface area (Å²) in [5.41, 5.74) is 2.05. The first-order valence-electron chi connectivity index (χ1n) is 12.6. The molecule has 2 aliphatic rings. The summed E-state index contributed by atoms with van der Waals surface area (Å²) < 4.78 is 5.35. The Kier molecular flexibility index (Phi) is 8.06. The maximum Gasteiger partial charge on any atom is 0.253 e. The van der Waals surface area contributed by atoms with Crippen molar-refractivity contribution in [3.05, 3.63) is 66.0 Å². The highest BCUT2D eigenvalue weighted by atomic mass is 16.5. The van der Waals surface area contributed by atoms with Crippen LogP contribution in [-0.4, -0.2) is 42.0 Å². The van der Waals surface area contributed by atoms with Gasteiger partial charge < -0.3 is 20.3 Å². The van der Waals surface area contributed by atoms with E-state index in [1.54, 1.807) is 19.5 Å².